The topological polar surface area (TPSA) is 58.1 Å². The van der Waals surface area contributed by atoms with Crippen LogP contribution in [0, 0.1) is 26.7 Å². The molecule has 3 aromatic rings. The van der Waals surface area contributed by atoms with Gasteiger partial charge in [-0.1, -0.05) is 17.7 Å². The highest BCUT2D eigenvalue weighted by Crippen LogP contribution is 2.35. The largest absolute Gasteiger partial charge is 0.356 e. The third-order valence-electron chi connectivity index (χ3n) is 5.49. The first-order valence-electron chi connectivity index (χ1n) is 9.46. The molecule has 1 saturated heterocycles. The fraction of sp³-hybridized carbons (Fsp3) is 0.381. The molecule has 1 aliphatic heterocycles. The standard InChI is InChI=1S/C21H23ClN4OS/c1-12-4-5-17(16(22)10-12)25-20(27)15-6-8-26(9-7-15)19-18-13(2)14(3)28-21(18)24-11-23-19/h4-5,10-11,15H,6-9H2,1-3H3,(H,25,27). The van der Waals surface area contributed by atoms with Gasteiger partial charge in [-0.25, -0.2) is 9.97 Å². The molecule has 28 heavy (non-hydrogen) atoms. The quantitative estimate of drug-likeness (QED) is 0.645. The van der Waals surface area contributed by atoms with E-state index in [-0.39, 0.29) is 11.8 Å². The Morgan fingerprint density at radius 2 is 1.96 bits per heavy atom. The summed E-state index contributed by atoms with van der Waals surface area (Å²) in [4.78, 5) is 26.3. The van der Waals surface area contributed by atoms with Crippen molar-refractivity contribution < 1.29 is 4.79 Å². The first-order valence-corrected chi connectivity index (χ1v) is 10.7. The van der Waals surface area contributed by atoms with Gasteiger partial charge < -0.3 is 10.2 Å². The third kappa shape index (κ3) is 3.59. The van der Waals surface area contributed by atoms with Crippen LogP contribution in [-0.4, -0.2) is 29.0 Å². The number of nitrogens with one attached hydrogen (secondary N) is 1. The predicted octanol–water partition coefficient (Wildman–Crippen LogP) is 5.13. The van der Waals surface area contributed by atoms with Gasteiger partial charge in [0.1, 0.15) is 17.0 Å². The lowest BCUT2D eigenvalue weighted by Gasteiger charge is -2.32. The van der Waals surface area contributed by atoms with Crippen LogP contribution in [0.4, 0.5) is 11.5 Å². The van der Waals surface area contributed by atoms with E-state index in [1.165, 1.54) is 10.4 Å². The van der Waals surface area contributed by atoms with Crippen molar-refractivity contribution in [2.75, 3.05) is 23.3 Å². The van der Waals surface area contributed by atoms with Crippen molar-refractivity contribution in [1.82, 2.24) is 9.97 Å². The average molecular weight is 415 g/mol. The van der Waals surface area contributed by atoms with Gasteiger partial charge in [-0.15, -0.1) is 11.3 Å². The number of piperidine rings is 1. The normalized spacial score (nSPS) is 15.2. The Morgan fingerprint density at radius 3 is 2.68 bits per heavy atom. The highest BCUT2D eigenvalue weighted by Gasteiger charge is 2.27. The van der Waals surface area contributed by atoms with E-state index in [1.807, 2.05) is 25.1 Å². The fourth-order valence-corrected chi connectivity index (χ4v) is 4.99. The van der Waals surface area contributed by atoms with Crippen LogP contribution in [0.5, 0.6) is 0 Å². The zero-order chi connectivity index (χ0) is 19.8. The van der Waals surface area contributed by atoms with Gasteiger partial charge in [0.15, 0.2) is 0 Å². The van der Waals surface area contributed by atoms with E-state index >= 15 is 0 Å². The van der Waals surface area contributed by atoms with Crippen molar-refractivity contribution in [2.24, 2.45) is 5.92 Å². The van der Waals surface area contributed by atoms with Gasteiger partial charge >= 0.3 is 0 Å². The molecule has 0 atom stereocenters. The Kier molecular flexibility index (Phi) is 5.25. The van der Waals surface area contributed by atoms with Gasteiger partial charge in [-0.3, -0.25) is 4.79 Å². The molecular formula is C21H23ClN4OS. The number of hydrogen-bond acceptors (Lipinski definition) is 5. The smallest absolute Gasteiger partial charge is 0.227 e. The summed E-state index contributed by atoms with van der Waals surface area (Å²) < 4.78 is 0. The molecule has 0 aliphatic carbocycles. The Bertz CT molecular complexity index is 1040. The van der Waals surface area contributed by atoms with Gasteiger partial charge in [0, 0.05) is 23.9 Å². The van der Waals surface area contributed by atoms with Gasteiger partial charge in [0.2, 0.25) is 5.91 Å². The molecule has 0 radical (unpaired) electrons. The lowest BCUT2D eigenvalue weighted by atomic mass is 9.95. The number of thiophene rings is 1. The number of nitrogens with zero attached hydrogens (tertiary/aromatic N) is 3. The van der Waals surface area contributed by atoms with E-state index in [0.29, 0.717) is 10.7 Å². The van der Waals surface area contributed by atoms with Crippen LogP contribution in [0.15, 0.2) is 24.5 Å². The minimum atomic E-state index is -0.0174. The number of anilines is 2. The van der Waals surface area contributed by atoms with Crippen LogP contribution >= 0.6 is 22.9 Å². The number of aromatic nitrogens is 2. The number of hydrogen-bond donors (Lipinski definition) is 1. The lowest BCUT2D eigenvalue weighted by Crippen LogP contribution is -2.38. The van der Waals surface area contributed by atoms with Crippen LogP contribution in [0.25, 0.3) is 10.2 Å². The predicted molar refractivity (Wildman–Crippen MR) is 117 cm³/mol. The first-order chi connectivity index (χ1) is 13.4. The number of carbonyl (C=O) groups is 1. The van der Waals surface area contributed by atoms with Crippen molar-refractivity contribution in [1.29, 1.82) is 0 Å². The van der Waals surface area contributed by atoms with Crippen LogP contribution in [0.2, 0.25) is 5.02 Å². The molecule has 1 fully saturated rings. The molecule has 3 heterocycles. The number of carbonyl (C=O) groups excluding carboxylic acids is 1. The SMILES string of the molecule is Cc1ccc(NC(=O)C2CCN(c3ncnc4sc(C)c(C)c34)CC2)c(Cl)c1. The van der Waals surface area contributed by atoms with Crippen molar-refractivity contribution in [3.05, 3.63) is 45.6 Å². The molecule has 0 saturated carbocycles. The first kappa shape index (κ1) is 19.2. The zero-order valence-corrected chi connectivity index (χ0v) is 17.8. The summed E-state index contributed by atoms with van der Waals surface area (Å²) in [6.07, 6.45) is 3.23. The number of halogens is 1. The number of aryl methyl sites for hydroxylation is 3. The second-order valence-electron chi connectivity index (χ2n) is 7.39. The third-order valence-corrected chi connectivity index (χ3v) is 6.92. The maximum atomic E-state index is 12.7. The molecule has 7 heteroatoms. The van der Waals surface area contributed by atoms with E-state index < -0.39 is 0 Å². The van der Waals surface area contributed by atoms with Gasteiger partial charge in [-0.2, -0.15) is 0 Å². The maximum absolute atomic E-state index is 12.7. The summed E-state index contributed by atoms with van der Waals surface area (Å²) in [5.74, 6) is 1.02. The van der Waals surface area contributed by atoms with Crippen LogP contribution in [-0.2, 0) is 4.79 Å². The van der Waals surface area contributed by atoms with E-state index in [0.717, 1.165) is 47.5 Å². The Balaban J connectivity index is 1.46. The minimum absolute atomic E-state index is 0.0174. The highest BCUT2D eigenvalue weighted by molar-refractivity contribution is 7.18. The molecule has 5 nitrogen and oxygen atoms in total. The summed E-state index contributed by atoms with van der Waals surface area (Å²) in [6, 6.07) is 5.69. The van der Waals surface area contributed by atoms with E-state index in [1.54, 1.807) is 17.7 Å². The number of amides is 1. The van der Waals surface area contributed by atoms with Crippen LogP contribution < -0.4 is 10.2 Å². The van der Waals surface area contributed by atoms with Crippen molar-refractivity contribution in [3.63, 3.8) is 0 Å². The monoisotopic (exact) mass is 414 g/mol. The van der Waals surface area contributed by atoms with Crippen molar-refractivity contribution in [3.8, 4) is 0 Å². The number of fused-ring (bicyclic) bond motifs is 1. The molecule has 1 N–H and O–H groups in total. The highest BCUT2D eigenvalue weighted by atomic mass is 35.5. The second kappa shape index (κ2) is 7.68. The van der Waals surface area contributed by atoms with Crippen molar-refractivity contribution >= 4 is 50.6 Å². The Hall–Kier alpha value is -2.18. The molecule has 1 amide bonds. The minimum Gasteiger partial charge on any atom is -0.356 e. The fourth-order valence-electron chi connectivity index (χ4n) is 3.71. The molecule has 0 unspecified atom stereocenters. The second-order valence-corrected chi connectivity index (χ2v) is 9.00. The molecule has 2 aromatic heterocycles. The lowest BCUT2D eigenvalue weighted by molar-refractivity contribution is -0.120. The summed E-state index contributed by atoms with van der Waals surface area (Å²) in [5, 5.41) is 4.72. The summed E-state index contributed by atoms with van der Waals surface area (Å²) >= 11 is 7.96. The summed E-state index contributed by atoms with van der Waals surface area (Å²) in [5.41, 5.74) is 3.01. The molecule has 0 bridgehead atoms. The van der Waals surface area contributed by atoms with E-state index in [2.05, 4.69) is 34.0 Å². The molecule has 0 spiro atoms. The van der Waals surface area contributed by atoms with Crippen LogP contribution in [0.3, 0.4) is 0 Å². The summed E-state index contributed by atoms with van der Waals surface area (Å²) in [7, 11) is 0. The molecule has 1 aliphatic rings. The zero-order valence-electron chi connectivity index (χ0n) is 16.3. The maximum Gasteiger partial charge on any atom is 0.227 e. The molecule has 146 valence electrons. The van der Waals surface area contributed by atoms with E-state index in [9.17, 15) is 4.79 Å². The van der Waals surface area contributed by atoms with Gasteiger partial charge in [0.05, 0.1) is 16.1 Å². The summed E-state index contributed by atoms with van der Waals surface area (Å²) in [6.45, 7) is 7.85. The Labute approximate surface area is 173 Å². The molecule has 1 aromatic carbocycles. The van der Waals surface area contributed by atoms with Gasteiger partial charge in [0.25, 0.3) is 0 Å². The van der Waals surface area contributed by atoms with E-state index in [4.69, 9.17) is 11.6 Å². The Morgan fingerprint density at radius 1 is 1.21 bits per heavy atom. The van der Waals surface area contributed by atoms with Crippen LogP contribution in [0.1, 0.15) is 28.8 Å². The number of benzene rings is 1. The molecule has 4 rings (SSSR count). The number of rotatable bonds is 3. The van der Waals surface area contributed by atoms with Gasteiger partial charge in [-0.05, 0) is 56.9 Å². The average Bonchev–Trinajstić information content (AvgIpc) is 2.98. The molecular weight excluding hydrogens is 392 g/mol. The van der Waals surface area contributed by atoms with Crippen molar-refractivity contribution in [2.45, 2.75) is 33.6 Å².